The second-order valence-corrected chi connectivity index (χ2v) is 9.26. The van der Waals surface area contributed by atoms with Crippen molar-refractivity contribution >= 4 is 23.3 Å². The van der Waals surface area contributed by atoms with Gasteiger partial charge in [-0.15, -0.1) is 0 Å². The van der Waals surface area contributed by atoms with Crippen LogP contribution in [0.1, 0.15) is 52.6 Å². The van der Waals surface area contributed by atoms with Crippen LogP contribution in [-0.4, -0.2) is 31.6 Å². The van der Waals surface area contributed by atoms with E-state index >= 15 is 0 Å². The van der Waals surface area contributed by atoms with E-state index in [1.54, 1.807) is 30.3 Å². The third-order valence-corrected chi connectivity index (χ3v) is 5.40. The molecule has 3 aromatic rings. The monoisotopic (exact) mass is 444 g/mol. The van der Waals surface area contributed by atoms with Crippen molar-refractivity contribution < 1.29 is 19.1 Å². The Labute approximate surface area is 194 Å². The molecule has 0 bridgehead atoms. The second-order valence-electron chi connectivity index (χ2n) is 9.26. The van der Waals surface area contributed by atoms with Crippen molar-refractivity contribution in [3.8, 4) is 0 Å². The number of esters is 2. The van der Waals surface area contributed by atoms with E-state index in [1.165, 1.54) is 0 Å². The fraction of sp³-hybridized carbons (Fsp3) is 0.259. The molecule has 1 N–H and O–H groups in total. The van der Waals surface area contributed by atoms with E-state index in [0.717, 1.165) is 16.8 Å². The molecule has 1 heterocycles. The molecule has 0 aliphatic carbocycles. The normalized spacial score (nSPS) is 17.2. The second kappa shape index (κ2) is 8.28. The van der Waals surface area contributed by atoms with Gasteiger partial charge in [0.1, 0.15) is 5.60 Å². The lowest BCUT2D eigenvalue weighted by Gasteiger charge is -2.32. The number of carbonyl (C=O) groups is 2. The Balaban J connectivity index is 1.72. The van der Waals surface area contributed by atoms with Crippen LogP contribution in [0.4, 0.5) is 11.4 Å². The number of carbonyl (C=O) groups excluding carboxylic acids is 2. The first-order valence-electron chi connectivity index (χ1n) is 10.8. The highest BCUT2D eigenvalue weighted by Gasteiger charge is 2.47. The van der Waals surface area contributed by atoms with Gasteiger partial charge in [0.05, 0.1) is 11.1 Å². The number of cyclic esters (lactones) is 1. The predicted molar refractivity (Wildman–Crippen MR) is 129 cm³/mol. The van der Waals surface area contributed by atoms with Crippen molar-refractivity contribution in [3.63, 3.8) is 0 Å². The molecule has 170 valence electrons. The molecule has 0 spiro atoms. The number of fused-ring (bicyclic) bond motifs is 1. The number of nitrogens with one attached hydrogen (secondary N) is 1. The van der Waals surface area contributed by atoms with Crippen LogP contribution in [0.25, 0.3) is 0 Å². The van der Waals surface area contributed by atoms with Crippen LogP contribution < -0.4 is 10.2 Å². The minimum Gasteiger partial charge on any atom is -0.456 e. The minimum atomic E-state index is -1.19. The zero-order valence-electron chi connectivity index (χ0n) is 19.5. The molecular weight excluding hydrogens is 416 g/mol. The third-order valence-electron chi connectivity index (χ3n) is 5.40. The van der Waals surface area contributed by atoms with E-state index in [4.69, 9.17) is 9.47 Å². The van der Waals surface area contributed by atoms with E-state index < -0.39 is 11.3 Å². The number of nitrogens with zero attached hydrogens (tertiary/aromatic N) is 1. The summed E-state index contributed by atoms with van der Waals surface area (Å²) in [5.74, 6) is -0.777. The van der Waals surface area contributed by atoms with Gasteiger partial charge in [-0.1, -0.05) is 30.3 Å². The molecule has 1 aliphatic rings. The number of rotatable bonds is 5. The van der Waals surface area contributed by atoms with Crippen molar-refractivity contribution in [1.82, 2.24) is 0 Å². The highest BCUT2D eigenvalue weighted by molar-refractivity contribution is 5.96. The maximum absolute atomic E-state index is 12.8. The number of hydrogen-bond donors (Lipinski definition) is 1. The molecule has 3 aromatic carbocycles. The number of hydrogen-bond acceptors (Lipinski definition) is 6. The molecule has 6 nitrogen and oxygen atoms in total. The lowest BCUT2D eigenvalue weighted by Crippen LogP contribution is -2.37. The lowest BCUT2D eigenvalue weighted by atomic mass is 9.92. The zero-order valence-corrected chi connectivity index (χ0v) is 19.5. The minimum absolute atomic E-state index is 0.388. The van der Waals surface area contributed by atoms with Crippen LogP contribution in [-0.2, 0) is 15.2 Å². The standard InChI is InChI=1S/C27H28N2O4/c1-26(2,3)32-24(30)18-10-14-20(15-11-18)28-27(19-12-16-21(17-13-19)29(4)5)23-9-7-6-8-22(23)25(31)33-27/h6-17,28H,1-5H3. The topological polar surface area (TPSA) is 67.9 Å². The summed E-state index contributed by atoms with van der Waals surface area (Å²) in [6, 6.07) is 22.2. The highest BCUT2D eigenvalue weighted by atomic mass is 16.6. The van der Waals surface area contributed by atoms with Gasteiger partial charge >= 0.3 is 11.9 Å². The summed E-state index contributed by atoms with van der Waals surface area (Å²) in [5, 5.41) is 3.41. The summed E-state index contributed by atoms with van der Waals surface area (Å²) in [7, 11) is 3.94. The Morgan fingerprint density at radius 1 is 0.939 bits per heavy atom. The van der Waals surface area contributed by atoms with Crippen molar-refractivity contribution in [2.45, 2.75) is 32.1 Å². The van der Waals surface area contributed by atoms with Gasteiger partial charge in [-0.05, 0) is 63.2 Å². The van der Waals surface area contributed by atoms with E-state index in [-0.39, 0.29) is 11.9 Å². The molecule has 1 aliphatic heterocycles. The summed E-state index contributed by atoms with van der Waals surface area (Å²) in [6.07, 6.45) is 0. The number of benzene rings is 3. The fourth-order valence-electron chi connectivity index (χ4n) is 3.82. The third kappa shape index (κ3) is 4.42. The Kier molecular flexibility index (Phi) is 5.62. The smallest absolute Gasteiger partial charge is 0.341 e. The first-order chi connectivity index (χ1) is 15.6. The first-order valence-corrected chi connectivity index (χ1v) is 10.8. The lowest BCUT2D eigenvalue weighted by molar-refractivity contribution is 0.00690. The van der Waals surface area contributed by atoms with Gasteiger partial charge in [-0.2, -0.15) is 0 Å². The van der Waals surface area contributed by atoms with Crippen LogP contribution >= 0.6 is 0 Å². The fourth-order valence-corrected chi connectivity index (χ4v) is 3.82. The van der Waals surface area contributed by atoms with Crippen molar-refractivity contribution in [2.24, 2.45) is 0 Å². The summed E-state index contributed by atoms with van der Waals surface area (Å²) in [6.45, 7) is 5.49. The van der Waals surface area contributed by atoms with Crippen LogP contribution in [0.2, 0.25) is 0 Å². The molecule has 0 aromatic heterocycles. The molecule has 33 heavy (non-hydrogen) atoms. The van der Waals surface area contributed by atoms with Gasteiger partial charge in [-0.25, -0.2) is 9.59 Å². The SMILES string of the molecule is CN(C)c1ccc(C2(Nc3ccc(C(=O)OC(C)(C)C)cc3)OC(=O)c3ccccc32)cc1. The largest absolute Gasteiger partial charge is 0.456 e. The average molecular weight is 445 g/mol. The van der Waals surface area contributed by atoms with Crippen LogP contribution in [0.3, 0.4) is 0 Å². The zero-order chi connectivity index (χ0) is 23.8. The van der Waals surface area contributed by atoms with Crippen molar-refractivity contribution in [1.29, 1.82) is 0 Å². The van der Waals surface area contributed by atoms with Crippen LogP contribution in [0.15, 0.2) is 72.8 Å². The Morgan fingerprint density at radius 2 is 1.58 bits per heavy atom. The molecule has 0 radical (unpaired) electrons. The molecule has 0 amide bonds. The van der Waals surface area contributed by atoms with Gasteiger partial charge in [0.15, 0.2) is 0 Å². The van der Waals surface area contributed by atoms with Gasteiger partial charge < -0.3 is 19.7 Å². The summed E-state index contributed by atoms with van der Waals surface area (Å²) >= 11 is 0. The molecule has 0 fully saturated rings. The molecule has 0 saturated heterocycles. The van der Waals surface area contributed by atoms with E-state index in [2.05, 4.69) is 5.32 Å². The summed E-state index contributed by atoms with van der Waals surface area (Å²) in [5.41, 5.74) is 2.48. The first kappa shape index (κ1) is 22.4. The van der Waals surface area contributed by atoms with E-state index in [1.807, 2.05) is 82.2 Å². The van der Waals surface area contributed by atoms with Crippen molar-refractivity contribution in [2.75, 3.05) is 24.3 Å². The quantitative estimate of drug-likeness (QED) is 0.546. The van der Waals surface area contributed by atoms with Gasteiger partial charge in [0, 0.05) is 36.6 Å². The van der Waals surface area contributed by atoms with Crippen LogP contribution in [0.5, 0.6) is 0 Å². The maximum Gasteiger partial charge on any atom is 0.341 e. The van der Waals surface area contributed by atoms with E-state index in [0.29, 0.717) is 16.8 Å². The highest BCUT2D eigenvalue weighted by Crippen LogP contribution is 2.42. The molecule has 4 rings (SSSR count). The Hall–Kier alpha value is -3.80. The average Bonchev–Trinajstić information content (AvgIpc) is 3.06. The van der Waals surface area contributed by atoms with Gasteiger partial charge in [0.25, 0.3) is 0 Å². The van der Waals surface area contributed by atoms with Crippen LogP contribution in [0, 0.1) is 0 Å². The van der Waals surface area contributed by atoms with Crippen molar-refractivity contribution in [3.05, 3.63) is 95.1 Å². The Morgan fingerprint density at radius 3 is 2.18 bits per heavy atom. The van der Waals surface area contributed by atoms with E-state index in [9.17, 15) is 9.59 Å². The number of anilines is 2. The summed E-state index contributed by atoms with van der Waals surface area (Å²) < 4.78 is 11.4. The molecule has 6 heteroatoms. The Bertz CT molecular complexity index is 1180. The molecular formula is C27H28N2O4. The maximum atomic E-state index is 12.8. The molecule has 1 unspecified atom stereocenters. The molecule has 0 saturated carbocycles. The van der Waals surface area contributed by atoms with Gasteiger partial charge in [0.2, 0.25) is 5.72 Å². The number of ether oxygens (including phenoxy) is 2. The summed E-state index contributed by atoms with van der Waals surface area (Å²) in [4.78, 5) is 27.2. The molecule has 1 atom stereocenters. The van der Waals surface area contributed by atoms with Gasteiger partial charge in [-0.3, -0.25) is 0 Å². The predicted octanol–water partition coefficient (Wildman–Crippen LogP) is 5.19.